The van der Waals surface area contributed by atoms with Gasteiger partial charge in [0.2, 0.25) is 0 Å². The fraction of sp³-hybridized carbons (Fsp3) is 0.222. The van der Waals surface area contributed by atoms with Gasteiger partial charge in [-0.15, -0.1) is 0 Å². The van der Waals surface area contributed by atoms with Gasteiger partial charge in [-0.25, -0.2) is 0 Å². The van der Waals surface area contributed by atoms with Gasteiger partial charge >= 0.3 is 0 Å². The van der Waals surface area contributed by atoms with Crippen molar-refractivity contribution in [1.82, 2.24) is 4.90 Å². The summed E-state index contributed by atoms with van der Waals surface area (Å²) in [6.45, 7) is 2.18. The zero-order chi connectivity index (χ0) is 12.9. The number of benzene rings is 2. The number of nitrogens with zero attached hydrogens (tertiary/aromatic N) is 1. The molecule has 1 heteroatoms. The smallest absolute Gasteiger partial charge is 0.0424 e. The average Bonchev–Trinajstić information content (AvgIpc) is 2.88. The minimum Gasteiger partial charge on any atom is -0.373 e. The average molecular weight is 249 g/mol. The summed E-state index contributed by atoms with van der Waals surface area (Å²) in [5.41, 5.74) is 4.34. The molecule has 0 radical (unpaired) electrons. The van der Waals surface area contributed by atoms with Crippen LogP contribution in [0.5, 0.6) is 0 Å². The largest absolute Gasteiger partial charge is 0.373 e. The van der Waals surface area contributed by atoms with Crippen molar-refractivity contribution in [2.24, 2.45) is 0 Å². The lowest BCUT2D eigenvalue weighted by atomic mass is 10.1. The first-order valence-corrected chi connectivity index (χ1v) is 6.91. The van der Waals surface area contributed by atoms with Gasteiger partial charge in [-0.1, -0.05) is 60.7 Å². The highest BCUT2D eigenvalue weighted by atomic mass is 15.1. The fourth-order valence-electron chi connectivity index (χ4n) is 2.61. The molecule has 2 aromatic rings. The molecule has 96 valence electrons. The molecule has 1 heterocycles. The molecule has 0 saturated carbocycles. The second-order valence-corrected chi connectivity index (χ2v) is 5.16. The summed E-state index contributed by atoms with van der Waals surface area (Å²) in [4.78, 5) is 2.42. The standard InChI is InChI=1S/C18H19N/c1-3-7-16(8-4-1)13-18-11-12-19(15-18)14-17-9-5-2-6-10-17/h1-10,15H,11-14H2. The predicted octanol–water partition coefficient (Wildman–Crippen LogP) is 4.02. The SMILES string of the molecule is C1=C(Cc2ccccc2)CCN1Cc1ccccc1. The van der Waals surface area contributed by atoms with Crippen LogP contribution in [0.25, 0.3) is 0 Å². The third kappa shape index (κ3) is 3.25. The first-order valence-electron chi connectivity index (χ1n) is 6.91. The van der Waals surface area contributed by atoms with E-state index in [-0.39, 0.29) is 0 Å². The van der Waals surface area contributed by atoms with E-state index >= 15 is 0 Å². The summed E-state index contributed by atoms with van der Waals surface area (Å²) in [7, 11) is 0. The zero-order valence-electron chi connectivity index (χ0n) is 11.1. The molecule has 1 nitrogen and oxygen atoms in total. The van der Waals surface area contributed by atoms with Gasteiger partial charge in [-0.2, -0.15) is 0 Å². The highest BCUT2D eigenvalue weighted by molar-refractivity contribution is 5.24. The Kier molecular flexibility index (Phi) is 3.64. The van der Waals surface area contributed by atoms with Gasteiger partial charge in [-0.05, 0) is 35.7 Å². The van der Waals surface area contributed by atoms with Crippen LogP contribution in [0, 0.1) is 0 Å². The number of hydrogen-bond acceptors (Lipinski definition) is 1. The molecule has 0 saturated heterocycles. The predicted molar refractivity (Wildman–Crippen MR) is 79.7 cm³/mol. The highest BCUT2D eigenvalue weighted by Gasteiger charge is 2.12. The van der Waals surface area contributed by atoms with Crippen LogP contribution in [-0.2, 0) is 13.0 Å². The number of hydrogen-bond donors (Lipinski definition) is 0. The van der Waals surface area contributed by atoms with Crippen LogP contribution in [0.3, 0.4) is 0 Å². The Balaban J connectivity index is 1.62. The topological polar surface area (TPSA) is 3.24 Å². The quantitative estimate of drug-likeness (QED) is 0.791. The molecular formula is C18H19N. The molecule has 3 rings (SSSR count). The molecule has 0 fully saturated rings. The van der Waals surface area contributed by atoms with Gasteiger partial charge in [0, 0.05) is 13.1 Å². The van der Waals surface area contributed by atoms with Crippen molar-refractivity contribution < 1.29 is 0 Å². The van der Waals surface area contributed by atoms with E-state index in [2.05, 4.69) is 71.8 Å². The molecule has 0 spiro atoms. The summed E-state index contributed by atoms with van der Waals surface area (Å²) in [5.74, 6) is 0. The van der Waals surface area contributed by atoms with Crippen LogP contribution in [-0.4, -0.2) is 11.4 Å². The van der Waals surface area contributed by atoms with Crippen molar-refractivity contribution in [2.75, 3.05) is 6.54 Å². The minimum atomic E-state index is 1.03. The first-order chi connectivity index (χ1) is 9.40. The molecule has 0 amide bonds. The molecule has 2 aromatic carbocycles. The van der Waals surface area contributed by atoms with Crippen molar-refractivity contribution in [1.29, 1.82) is 0 Å². The van der Waals surface area contributed by atoms with Crippen molar-refractivity contribution >= 4 is 0 Å². The number of rotatable bonds is 4. The van der Waals surface area contributed by atoms with Crippen LogP contribution < -0.4 is 0 Å². The van der Waals surface area contributed by atoms with E-state index in [1.807, 2.05) is 0 Å². The van der Waals surface area contributed by atoms with E-state index in [9.17, 15) is 0 Å². The van der Waals surface area contributed by atoms with Gasteiger partial charge in [-0.3, -0.25) is 0 Å². The Morgan fingerprint density at radius 3 is 2.11 bits per heavy atom. The molecule has 0 aliphatic carbocycles. The fourth-order valence-corrected chi connectivity index (χ4v) is 2.61. The maximum absolute atomic E-state index is 2.42. The Morgan fingerprint density at radius 2 is 1.42 bits per heavy atom. The Labute approximate surface area is 115 Å². The van der Waals surface area contributed by atoms with Gasteiger partial charge < -0.3 is 4.90 Å². The van der Waals surface area contributed by atoms with E-state index in [0.29, 0.717) is 0 Å². The summed E-state index contributed by atoms with van der Waals surface area (Å²) >= 11 is 0. The van der Waals surface area contributed by atoms with Crippen molar-refractivity contribution in [3.63, 3.8) is 0 Å². The van der Waals surface area contributed by atoms with Crippen molar-refractivity contribution in [2.45, 2.75) is 19.4 Å². The summed E-state index contributed by atoms with van der Waals surface area (Å²) in [5, 5.41) is 0. The molecule has 19 heavy (non-hydrogen) atoms. The summed E-state index contributed by atoms with van der Waals surface area (Å²) < 4.78 is 0. The van der Waals surface area contributed by atoms with Crippen LogP contribution >= 0.6 is 0 Å². The van der Waals surface area contributed by atoms with Gasteiger partial charge in [0.05, 0.1) is 0 Å². The molecule has 1 aliphatic rings. The maximum Gasteiger partial charge on any atom is 0.0424 e. The molecule has 0 unspecified atom stereocenters. The lowest BCUT2D eigenvalue weighted by Crippen LogP contribution is -2.13. The minimum absolute atomic E-state index is 1.03. The van der Waals surface area contributed by atoms with E-state index in [4.69, 9.17) is 0 Å². The van der Waals surface area contributed by atoms with Gasteiger partial charge in [0.25, 0.3) is 0 Å². The van der Waals surface area contributed by atoms with Crippen LogP contribution in [0.4, 0.5) is 0 Å². The molecule has 0 N–H and O–H groups in total. The third-order valence-electron chi connectivity index (χ3n) is 3.59. The normalized spacial score (nSPS) is 14.5. The zero-order valence-corrected chi connectivity index (χ0v) is 11.1. The van der Waals surface area contributed by atoms with Gasteiger partial charge in [0.15, 0.2) is 0 Å². The van der Waals surface area contributed by atoms with Crippen molar-refractivity contribution in [3.8, 4) is 0 Å². The van der Waals surface area contributed by atoms with Gasteiger partial charge in [0.1, 0.15) is 0 Å². The van der Waals surface area contributed by atoms with E-state index < -0.39 is 0 Å². The molecule has 0 bridgehead atoms. The summed E-state index contributed by atoms with van der Waals surface area (Å²) in [6, 6.07) is 21.4. The molecule has 0 aromatic heterocycles. The highest BCUT2D eigenvalue weighted by Crippen LogP contribution is 2.20. The van der Waals surface area contributed by atoms with Crippen LogP contribution in [0.15, 0.2) is 72.4 Å². The van der Waals surface area contributed by atoms with E-state index in [0.717, 1.165) is 19.5 Å². The molecule has 1 aliphatic heterocycles. The van der Waals surface area contributed by atoms with E-state index in [1.165, 1.54) is 17.5 Å². The Morgan fingerprint density at radius 1 is 0.789 bits per heavy atom. The first kappa shape index (κ1) is 12.0. The summed E-state index contributed by atoms with van der Waals surface area (Å²) in [6.07, 6.45) is 4.63. The maximum atomic E-state index is 2.42. The van der Waals surface area contributed by atoms with Crippen LogP contribution in [0.2, 0.25) is 0 Å². The second kappa shape index (κ2) is 5.75. The van der Waals surface area contributed by atoms with E-state index in [1.54, 1.807) is 5.57 Å². The molecular weight excluding hydrogens is 230 g/mol. The lowest BCUT2D eigenvalue weighted by molar-refractivity contribution is 0.400. The molecule has 0 atom stereocenters. The Hall–Kier alpha value is -2.02. The Bertz CT molecular complexity index is 542. The third-order valence-corrected chi connectivity index (χ3v) is 3.59. The van der Waals surface area contributed by atoms with Crippen LogP contribution in [0.1, 0.15) is 17.5 Å². The monoisotopic (exact) mass is 249 g/mol. The van der Waals surface area contributed by atoms with Crippen molar-refractivity contribution in [3.05, 3.63) is 83.6 Å². The second-order valence-electron chi connectivity index (χ2n) is 5.16. The lowest BCUT2D eigenvalue weighted by Gasteiger charge is -2.14.